The lowest BCUT2D eigenvalue weighted by molar-refractivity contribution is 0.557. The summed E-state index contributed by atoms with van der Waals surface area (Å²) in [6.45, 7) is 6.27. The van der Waals surface area contributed by atoms with E-state index in [2.05, 4.69) is 56.2 Å². The van der Waals surface area contributed by atoms with Gasteiger partial charge in [0.25, 0.3) is 0 Å². The van der Waals surface area contributed by atoms with Crippen LogP contribution in [0.4, 0.5) is 5.69 Å². The zero-order valence-corrected chi connectivity index (χ0v) is 15.2. The third kappa shape index (κ3) is 2.95. The topological polar surface area (TPSA) is 38.9 Å². The lowest BCUT2D eigenvalue weighted by atomic mass is 10.1. The van der Waals surface area contributed by atoms with E-state index >= 15 is 0 Å². The van der Waals surface area contributed by atoms with Crippen LogP contribution in [0.2, 0.25) is 0 Å². The van der Waals surface area contributed by atoms with Crippen molar-refractivity contribution in [1.82, 2.24) is 19.1 Å². The molecule has 3 aromatic rings. The van der Waals surface area contributed by atoms with Crippen molar-refractivity contribution >= 4 is 5.69 Å². The first-order chi connectivity index (χ1) is 12.1. The van der Waals surface area contributed by atoms with Crippen LogP contribution in [0, 0.1) is 6.92 Å². The third-order valence-electron chi connectivity index (χ3n) is 5.37. The highest BCUT2D eigenvalue weighted by atomic mass is 15.1. The molecule has 0 fully saturated rings. The normalized spacial score (nSPS) is 16.4. The fourth-order valence-corrected chi connectivity index (χ4v) is 3.74. The Balaban J connectivity index is 1.50. The summed E-state index contributed by atoms with van der Waals surface area (Å²) < 4.78 is 4.46. The quantitative estimate of drug-likeness (QED) is 0.716. The molecule has 3 heterocycles. The molecule has 0 saturated carbocycles. The molecule has 130 valence electrons. The summed E-state index contributed by atoms with van der Waals surface area (Å²) in [6, 6.07) is 7.39. The minimum absolute atomic E-state index is 0.577. The minimum atomic E-state index is 0.577. The number of anilines is 1. The minimum Gasteiger partial charge on any atom is -0.371 e. The molecule has 0 radical (unpaired) electrons. The summed E-state index contributed by atoms with van der Waals surface area (Å²) in [7, 11) is 2.18. The van der Waals surface area contributed by atoms with E-state index in [4.69, 9.17) is 0 Å². The van der Waals surface area contributed by atoms with Gasteiger partial charge in [-0.1, -0.05) is 6.07 Å². The molecule has 1 atom stereocenters. The number of fused-ring (bicyclic) bond motifs is 1. The van der Waals surface area contributed by atoms with E-state index in [-0.39, 0.29) is 0 Å². The number of aromatic nitrogens is 4. The highest BCUT2D eigenvalue weighted by Crippen LogP contribution is 2.34. The molecule has 2 aromatic heterocycles. The third-order valence-corrected chi connectivity index (χ3v) is 5.37. The number of nitrogens with zero attached hydrogens (tertiary/aromatic N) is 5. The standard InChI is InChI=1S/C20H25N5/c1-15-11-18-12-17(5-6-19(18)23(15)3)20-13-21-14-25(20)9-4-8-24-10-7-22-16(24)2/h5-7,10,12-15H,4,8-9,11H2,1-3H3/t15-/m1/s1. The zero-order chi connectivity index (χ0) is 17.4. The molecular formula is C20H25N5. The van der Waals surface area contributed by atoms with Gasteiger partial charge >= 0.3 is 0 Å². The number of hydrogen-bond acceptors (Lipinski definition) is 3. The lowest BCUT2D eigenvalue weighted by Gasteiger charge is -2.18. The van der Waals surface area contributed by atoms with Crippen LogP contribution < -0.4 is 4.90 Å². The van der Waals surface area contributed by atoms with Gasteiger partial charge in [-0.15, -0.1) is 0 Å². The Morgan fingerprint density at radius 3 is 2.84 bits per heavy atom. The molecule has 0 bridgehead atoms. The van der Waals surface area contributed by atoms with Gasteiger partial charge in [0.15, 0.2) is 0 Å². The van der Waals surface area contributed by atoms with Crippen LogP contribution in [0.25, 0.3) is 11.3 Å². The van der Waals surface area contributed by atoms with Gasteiger partial charge in [0.2, 0.25) is 0 Å². The SMILES string of the molecule is Cc1nccn1CCCn1cncc1-c1ccc2c(c1)C[C@@H](C)N2C. The van der Waals surface area contributed by atoms with E-state index in [0.29, 0.717) is 6.04 Å². The van der Waals surface area contributed by atoms with Crippen LogP contribution in [0.3, 0.4) is 0 Å². The first-order valence-electron chi connectivity index (χ1n) is 8.97. The maximum atomic E-state index is 4.39. The van der Waals surface area contributed by atoms with Crippen LogP contribution in [-0.4, -0.2) is 32.2 Å². The van der Waals surface area contributed by atoms with E-state index in [1.54, 1.807) is 0 Å². The van der Waals surface area contributed by atoms with Gasteiger partial charge in [-0.05, 0) is 44.4 Å². The molecule has 25 heavy (non-hydrogen) atoms. The van der Waals surface area contributed by atoms with E-state index in [0.717, 1.165) is 31.8 Å². The van der Waals surface area contributed by atoms with Gasteiger partial charge in [-0.2, -0.15) is 0 Å². The Morgan fingerprint density at radius 2 is 2.04 bits per heavy atom. The highest BCUT2D eigenvalue weighted by Gasteiger charge is 2.23. The van der Waals surface area contributed by atoms with Crippen LogP contribution >= 0.6 is 0 Å². The molecule has 0 N–H and O–H groups in total. The van der Waals surface area contributed by atoms with Crippen molar-refractivity contribution in [3.8, 4) is 11.3 Å². The van der Waals surface area contributed by atoms with Gasteiger partial charge in [-0.25, -0.2) is 9.97 Å². The Morgan fingerprint density at radius 1 is 1.20 bits per heavy atom. The number of aryl methyl sites for hydroxylation is 3. The highest BCUT2D eigenvalue weighted by molar-refractivity contribution is 5.68. The van der Waals surface area contributed by atoms with Crippen LogP contribution in [-0.2, 0) is 19.5 Å². The second kappa shape index (κ2) is 6.39. The predicted octanol–water partition coefficient (Wildman–Crippen LogP) is 3.53. The van der Waals surface area contributed by atoms with E-state index in [1.165, 1.54) is 22.5 Å². The number of rotatable bonds is 5. The molecule has 0 saturated heterocycles. The van der Waals surface area contributed by atoms with Crippen molar-refractivity contribution < 1.29 is 0 Å². The average Bonchev–Trinajstić information content (AvgIpc) is 3.29. The second-order valence-corrected chi connectivity index (χ2v) is 7.00. The van der Waals surface area contributed by atoms with Gasteiger partial charge < -0.3 is 14.0 Å². The average molecular weight is 335 g/mol. The summed E-state index contributed by atoms with van der Waals surface area (Å²) in [5.74, 6) is 1.07. The van der Waals surface area contributed by atoms with Crippen molar-refractivity contribution in [1.29, 1.82) is 0 Å². The predicted molar refractivity (Wildman–Crippen MR) is 101 cm³/mol. The van der Waals surface area contributed by atoms with Crippen LogP contribution in [0.1, 0.15) is 24.7 Å². The smallest absolute Gasteiger partial charge is 0.105 e. The Hall–Kier alpha value is -2.56. The van der Waals surface area contributed by atoms with Crippen LogP contribution in [0.15, 0.2) is 43.1 Å². The Kier molecular flexibility index (Phi) is 4.07. The fraction of sp³-hybridized carbons (Fsp3) is 0.400. The van der Waals surface area contributed by atoms with Crippen LogP contribution in [0.5, 0.6) is 0 Å². The first-order valence-corrected chi connectivity index (χ1v) is 8.97. The number of hydrogen-bond donors (Lipinski definition) is 0. The van der Waals surface area contributed by atoms with E-state index in [1.807, 2.05) is 31.8 Å². The van der Waals surface area contributed by atoms with E-state index < -0.39 is 0 Å². The molecule has 1 aliphatic rings. The molecule has 0 unspecified atom stereocenters. The molecule has 0 aliphatic carbocycles. The molecule has 1 aliphatic heterocycles. The van der Waals surface area contributed by atoms with Crippen molar-refractivity contribution in [2.75, 3.05) is 11.9 Å². The molecule has 4 rings (SSSR count). The molecular weight excluding hydrogens is 310 g/mol. The molecule has 5 heteroatoms. The largest absolute Gasteiger partial charge is 0.371 e. The molecule has 1 aromatic carbocycles. The monoisotopic (exact) mass is 335 g/mol. The van der Waals surface area contributed by atoms with E-state index in [9.17, 15) is 0 Å². The van der Waals surface area contributed by atoms with Gasteiger partial charge in [0, 0.05) is 49.8 Å². The lowest BCUT2D eigenvalue weighted by Crippen LogP contribution is -2.23. The van der Waals surface area contributed by atoms with Crippen molar-refractivity contribution in [3.63, 3.8) is 0 Å². The molecule has 0 amide bonds. The zero-order valence-electron chi connectivity index (χ0n) is 15.2. The van der Waals surface area contributed by atoms with Gasteiger partial charge in [-0.3, -0.25) is 0 Å². The summed E-state index contributed by atoms with van der Waals surface area (Å²) in [5.41, 5.74) is 5.26. The van der Waals surface area contributed by atoms with Gasteiger partial charge in [0.1, 0.15) is 5.82 Å². The fourth-order valence-electron chi connectivity index (χ4n) is 3.74. The first kappa shape index (κ1) is 15.9. The van der Waals surface area contributed by atoms with Crippen molar-refractivity contribution in [2.24, 2.45) is 0 Å². The maximum absolute atomic E-state index is 4.39. The Bertz CT molecular complexity index is 876. The summed E-state index contributed by atoms with van der Waals surface area (Å²) in [4.78, 5) is 11.0. The number of imidazole rings is 2. The molecule has 5 nitrogen and oxygen atoms in total. The number of benzene rings is 1. The maximum Gasteiger partial charge on any atom is 0.105 e. The second-order valence-electron chi connectivity index (χ2n) is 7.00. The van der Waals surface area contributed by atoms with Gasteiger partial charge in [0.05, 0.1) is 18.2 Å². The summed E-state index contributed by atoms with van der Waals surface area (Å²) >= 11 is 0. The summed E-state index contributed by atoms with van der Waals surface area (Å²) in [6.07, 6.45) is 10.0. The Labute approximate surface area is 148 Å². The summed E-state index contributed by atoms with van der Waals surface area (Å²) in [5, 5.41) is 0. The van der Waals surface area contributed by atoms with Crippen molar-refractivity contribution in [3.05, 3.63) is 54.5 Å². The number of likely N-dealkylation sites (N-methyl/N-ethyl adjacent to an activating group) is 1. The van der Waals surface area contributed by atoms with Crippen molar-refractivity contribution in [2.45, 2.75) is 45.8 Å². The molecule has 0 spiro atoms.